The van der Waals surface area contributed by atoms with Gasteiger partial charge in [-0.2, -0.15) is 13.2 Å². The molecule has 0 spiro atoms. The summed E-state index contributed by atoms with van der Waals surface area (Å²) in [7, 11) is 0. The zero-order valence-electron chi connectivity index (χ0n) is 14.1. The Hall–Kier alpha value is -2.25. The van der Waals surface area contributed by atoms with Gasteiger partial charge >= 0.3 is 6.18 Å². The van der Waals surface area contributed by atoms with Crippen LogP contribution in [0.25, 0.3) is 21.6 Å². The van der Waals surface area contributed by atoms with Crippen LogP contribution in [0, 0.1) is 11.6 Å². The molecule has 142 valence electrons. The van der Waals surface area contributed by atoms with E-state index in [1.165, 1.54) is 61.5 Å². The Morgan fingerprint density at radius 1 is 0.852 bits per heavy atom. The van der Waals surface area contributed by atoms with E-state index in [2.05, 4.69) is 0 Å². The highest BCUT2D eigenvalue weighted by atomic mass is 32.1. The normalized spacial score (nSPS) is 14.2. The first kappa shape index (κ1) is 19.5. The first-order valence-electron chi connectivity index (χ1n) is 8.11. The zero-order valence-corrected chi connectivity index (χ0v) is 15.0. The van der Waals surface area contributed by atoms with E-state index < -0.39 is 29.8 Å². The molecule has 1 unspecified atom stereocenters. The summed E-state index contributed by atoms with van der Waals surface area (Å²) in [5.41, 5.74) is -1.57. The Kier molecular flexibility index (Phi) is 5.10. The number of hydrogen-bond acceptors (Lipinski definition) is 2. The summed E-state index contributed by atoms with van der Waals surface area (Å²) in [6.45, 7) is 1.25. The molecule has 0 aliphatic heterocycles. The highest BCUT2D eigenvalue weighted by Crippen LogP contribution is 2.49. The molecular weight excluding hydrogens is 383 g/mol. The molecule has 2 aromatic carbocycles. The summed E-state index contributed by atoms with van der Waals surface area (Å²) in [4.78, 5) is 0.170. The number of alkyl halides is 3. The minimum Gasteiger partial charge on any atom is -0.376 e. The first-order valence-corrected chi connectivity index (χ1v) is 8.92. The number of rotatable bonds is 4. The average molecular weight is 398 g/mol. The Labute approximate surface area is 156 Å². The molecule has 1 atom stereocenters. The SMILES string of the molecule is CCC(O)(c1cc(-c2ccc(F)cc2)c(-c2ccc(F)cc2)s1)C(F)(F)F. The van der Waals surface area contributed by atoms with Crippen molar-refractivity contribution in [2.24, 2.45) is 0 Å². The molecule has 0 aliphatic rings. The van der Waals surface area contributed by atoms with Gasteiger partial charge in [-0.15, -0.1) is 11.3 Å². The van der Waals surface area contributed by atoms with Crippen molar-refractivity contribution in [2.45, 2.75) is 25.1 Å². The minimum atomic E-state index is -4.85. The van der Waals surface area contributed by atoms with Gasteiger partial charge in [-0.05, 0) is 47.9 Å². The van der Waals surface area contributed by atoms with Crippen molar-refractivity contribution in [1.82, 2.24) is 0 Å². The van der Waals surface area contributed by atoms with E-state index in [1.54, 1.807) is 0 Å². The summed E-state index contributed by atoms with van der Waals surface area (Å²) in [5.74, 6) is -0.947. The van der Waals surface area contributed by atoms with Crippen molar-refractivity contribution >= 4 is 11.3 Å². The lowest BCUT2D eigenvalue weighted by molar-refractivity contribution is -0.266. The monoisotopic (exact) mass is 398 g/mol. The van der Waals surface area contributed by atoms with Crippen LogP contribution < -0.4 is 0 Å². The van der Waals surface area contributed by atoms with E-state index in [0.29, 0.717) is 21.6 Å². The van der Waals surface area contributed by atoms with Gasteiger partial charge in [-0.1, -0.05) is 31.2 Å². The predicted molar refractivity (Wildman–Crippen MR) is 95.3 cm³/mol. The van der Waals surface area contributed by atoms with Crippen molar-refractivity contribution in [3.8, 4) is 21.6 Å². The van der Waals surface area contributed by atoms with Gasteiger partial charge in [0.2, 0.25) is 0 Å². The van der Waals surface area contributed by atoms with Crippen molar-refractivity contribution < 1.29 is 27.1 Å². The maximum Gasteiger partial charge on any atom is 0.422 e. The maximum atomic E-state index is 13.5. The molecule has 1 nitrogen and oxygen atoms in total. The van der Waals surface area contributed by atoms with Crippen LogP contribution in [0.2, 0.25) is 0 Å². The van der Waals surface area contributed by atoms with Gasteiger partial charge in [-0.3, -0.25) is 0 Å². The van der Waals surface area contributed by atoms with E-state index in [1.807, 2.05) is 0 Å². The van der Waals surface area contributed by atoms with Gasteiger partial charge in [0.05, 0.1) is 0 Å². The number of aliphatic hydroxyl groups is 1. The van der Waals surface area contributed by atoms with Gasteiger partial charge in [0.1, 0.15) is 11.6 Å². The van der Waals surface area contributed by atoms with Crippen LogP contribution in [0.3, 0.4) is 0 Å². The van der Waals surface area contributed by atoms with E-state index >= 15 is 0 Å². The molecule has 1 N–H and O–H groups in total. The third-order valence-electron chi connectivity index (χ3n) is 4.38. The van der Waals surface area contributed by atoms with Crippen LogP contribution >= 0.6 is 11.3 Å². The standard InChI is InChI=1S/C20H15F5OS/c1-2-19(26,20(23,24)25)17-11-16(12-3-7-14(21)8-4-12)18(27-17)13-5-9-15(22)10-6-13/h3-11,26H,2H2,1H3. The van der Waals surface area contributed by atoms with Gasteiger partial charge in [-0.25, -0.2) is 8.78 Å². The van der Waals surface area contributed by atoms with Crippen molar-refractivity contribution in [1.29, 1.82) is 0 Å². The molecule has 0 bridgehead atoms. The predicted octanol–water partition coefficient (Wildman–Crippen LogP) is 6.52. The van der Waals surface area contributed by atoms with Gasteiger partial charge in [0.25, 0.3) is 0 Å². The van der Waals surface area contributed by atoms with E-state index in [4.69, 9.17) is 0 Å². The molecule has 0 saturated carbocycles. The molecule has 27 heavy (non-hydrogen) atoms. The van der Waals surface area contributed by atoms with Crippen molar-refractivity contribution in [3.05, 3.63) is 71.1 Å². The molecule has 1 aromatic heterocycles. The second kappa shape index (κ2) is 7.05. The molecule has 0 radical (unpaired) electrons. The van der Waals surface area contributed by atoms with Crippen LogP contribution in [-0.4, -0.2) is 11.3 Å². The molecule has 0 aliphatic carbocycles. The molecule has 7 heteroatoms. The van der Waals surface area contributed by atoms with Gasteiger partial charge in [0.15, 0.2) is 5.60 Å². The third kappa shape index (κ3) is 3.61. The highest BCUT2D eigenvalue weighted by Gasteiger charge is 2.54. The quantitative estimate of drug-likeness (QED) is 0.496. The van der Waals surface area contributed by atoms with Gasteiger partial charge < -0.3 is 5.11 Å². The Balaban J connectivity index is 2.23. The van der Waals surface area contributed by atoms with E-state index in [0.717, 1.165) is 11.3 Å². The Morgan fingerprint density at radius 3 is 1.78 bits per heavy atom. The molecule has 0 saturated heterocycles. The lowest BCUT2D eigenvalue weighted by atomic mass is 9.95. The lowest BCUT2D eigenvalue weighted by Crippen LogP contribution is -2.40. The summed E-state index contributed by atoms with van der Waals surface area (Å²) in [5, 5.41) is 10.3. The smallest absolute Gasteiger partial charge is 0.376 e. The molecule has 3 aromatic rings. The number of thiophene rings is 1. The van der Waals surface area contributed by atoms with Crippen LogP contribution in [0.5, 0.6) is 0 Å². The van der Waals surface area contributed by atoms with Gasteiger partial charge in [0, 0.05) is 15.3 Å². The van der Waals surface area contributed by atoms with Crippen LogP contribution in [-0.2, 0) is 5.60 Å². The maximum absolute atomic E-state index is 13.5. The average Bonchev–Trinajstić information content (AvgIpc) is 3.07. The third-order valence-corrected chi connectivity index (χ3v) is 5.72. The summed E-state index contributed by atoms with van der Waals surface area (Å²) in [6, 6.07) is 11.9. The summed E-state index contributed by atoms with van der Waals surface area (Å²) < 4.78 is 67.0. The fourth-order valence-electron chi connectivity index (χ4n) is 2.77. The molecule has 0 fully saturated rings. The Bertz CT molecular complexity index is 866. The Morgan fingerprint density at radius 2 is 1.33 bits per heavy atom. The second-order valence-electron chi connectivity index (χ2n) is 6.08. The van der Waals surface area contributed by atoms with Crippen LogP contribution in [0.4, 0.5) is 22.0 Å². The largest absolute Gasteiger partial charge is 0.422 e. The van der Waals surface area contributed by atoms with Crippen LogP contribution in [0.1, 0.15) is 18.2 Å². The molecule has 1 heterocycles. The number of hydrogen-bond donors (Lipinski definition) is 1. The minimum absolute atomic E-state index is 0.267. The van der Waals surface area contributed by atoms with Crippen molar-refractivity contribution in [2.75, 3.05) is 0 Å². The summed E-state index contributed by atoms with van der Waals surface area (Å²) in [6.07, 6.45) is -5.41. The number of benzene rings is 2. The van der Waals surface area contributed by atoms with E-state index in [-0.39, 0.29) is 4.88 Å². The molecule has 0 amide bonds. The molecule has 3 rings (SSSR count). The first-order chi connectivity index (χ1) is 12.7. The fourth-order valence-corrected chi connectivity index (χ4v) is 4.14. The summed E-state index contributed by atoms with van der Waals surface area (Å²) >= 11 is 0.790. The molecular formula is C20H15F5OS. The second-order valence-corrected chi connectivity index (χ2v) is 7.13. The zero-order chi connectivity index (χ0) is 19.8. The van der Waals surface area contributed by atoms with Crippen LogP contribution in [0.15, 0.2) is 54.6 Å². The highest BCUT2D eigenvalue weighted by molar-refractivity contribution is 7.16. The lowest BCUT2D eigenvalue weighted by Gasteiger charge is -2.28. The van der Waals surface area contributed by atoms with E-state index in [9.17, 15) is 27.1 Å². The fraction of sp³-hybridized carbons (Fsp3) is 0.200. The topological polar surface area (TPSA) is 20.2 Å². The number of halogens is 5. The van der Waals surface area contributed by atoms with Crippen molar-refractivity contribution in [3.63, 3.8) is 0 Å².